The van der Waals surface area contributed by atoms with Crippen LogP contribution in [-0.2, 0) is 11.3 Å². The lowest BCUT2D eigenvalue weighted by atomic mass is 10.2. The lowest BCUT2D eigenvalue weighted by Crippen LogP contribution is -2.15. The molecule has 0 saturated heterocycles. The van der Waals surface area contributed by atoms with Crippen molar-refractivity contribution in [2.24, 2.45) is 4.99 Å². The molecule has 0 aliphatic carbocycles. The maximum absolute atomic E-state index is 6.46. The highest BCUT2D eigenvalue weighted by Gasteiger charge is 2.15. The van der Waals surface area contributed by atoms with Crippen LogP contribution in [-0.4, -0.2) is 33.6 Å². The van der Waals surface area contributed by atoms with E-state index < -0.39 is 0 Å². The topological polar surface area (TPSA) is 93.6 Å². The SMILES string of the molecule is C[C@H]1CN=C(Nc2ccc3ncnc(Nc4ccc(OCc5ccccn5)c(Cl)c4)c3c2)O1. The van der Waals surface area contributed by atoms with E-state index >= 15 is 0 Å². The normalized spacial score (nSPS) is 15.1. The molecule has 1 atom stereocenters. The molecule has 2 aromatic carbocycles. The zero-order valence-electron chi connectivity index (χ0n) is 17.8. The molecule has 0 radical (unpaired) electrons. The van der Waals surface area contributed by atoms with Gasteiger partial charge in [-0.05, 0) is 55.5 Å². The Hall–Kier alpha value is -3.91. The molecular formula is C24H21ClN6O2. The minimum absolute atomic E-state index is 0.0779. The Bertz CT molecular complexity index is 1320. The number of ether oxygens (including phenoxy) is 2. The van der Waals surface area contributed by atoms with Gasteiger partial charge in [-0.25, -0.2) is 15.0 Å². The second kappa shape index (κ2) is 9.30. The average Bonchev–Trinajstić information content (AvgIpc) is 3.24. The Morgan fingerprint density at radius 3 is 2.70 bits per heavy atom. The number of anilines is 3. The highest BCUT2D eigenvalue weighted by molar-refractivity contribution is 6.32. The van der Waals surface area contributed by atoms with E-state index in [2.05, 4.69) is 30.6 Å². The van der Waals surface area contributed by atoms with Gasteiger partial charge in [0.2, 0.25) is 0 Å². The first-order valence-corrected chi connectivity index (χ1v) is 10.8. The third-order valence-electron chi connectivity index (χ3n) is 4.99. The molecule has 8 nitrogen and oxygen atoms in total. The van der Waals surface area contributed by atoms with Crippen molar-refractivity contribution in [2.45, 2.75) is 19.6 Å². The minimum Gasteiger partial charge on any atom is -0.486 e. The van der Waals surface area contributed by atoms with Crippen LogP contribution in [0.5, 0.6) is 5.75 Å². The van der Waals surface area contributed by atoms with Gasteiger partial charge in [0.15, 0.2) is 0 Å². The highest BCUT2D eigenvalue weighted by Crippen LogP contribution is 2.31. The maximum atomic E-state index is 6.46. The van der Waals surface area contributed by atoms with E-state index in [1.54, 1.807) is 12.3 Å². The van der Waals surface area contributed by atoms with Gasteiger partial charge in [-0.2, -0.15) is 0 Å². The van der Waals surface area contributed by atoms with Gasteiger partial charge in [-0.1, -0.05) is 17.7 Å². The number of nitrogens with zero attached hydrogens (tertiary/aromatic N) is 4. The van der Waals surface area contributed by atoms with Crippen molar-refractivity contribution < 1.29 is 9.47 Å². The van der Waals surface area contributed by atoms with Crippen molar-refractivity contribution in [1.29, 1.82) is 0 Å². The van der Waals surface area contributed by atoms with Crippen molar-refractivity contribution in [3.8, 4) is 5.75 Å². The summed E-state index contributed by atoms with van der Waals surface area (Å²) in [7, 11) is 0. The van der Waals surface area contributed by atoms with E-state index in [1.807, 2.05) is 55.5 Å². The van der Waals surface area contributed by atoms with Crippen molar-refractivity contribution in [3.05, 3.63) is 77.8 Å². The van der Waals surface area contributed by atoms with Crippen LogP contribution >= 0.6 is 11.6 Å². The van der Waals surface area contributed by atoms with Gasteiger partial charge < -0.3 is 20.1 Å². The first-order valence-electron chi connectivity index (χ1n) is 10.5. The van der Waals surface area contributed by atoms with Crippen LogP contribution in [0.15, 0.2) is 72.1 Å². The summed E-state index contributed by atoms with van der Waals surface area (Å²) in [5.74, 6) is 1.24. The number of rotatable bonds is 6. The Labute approximate surface area is 195 Å². The van der Waals surface area contributed by atoms with Gasteiger partial charge in [0, 0.05) is 23.0 Å². The number of halogens is 1. The molecule has 2 aromatic heterocycles. The van der Waals surface area contributed by atoms with E-state index in [9.17, 15) is 0 Å². The molecule has 3 heterocycles. The van der Waals surface area contributed by atoms with Crippen molar-refractivity contribution in [3.63, 3.8) is 0 Å². The molecule has 2 N–H and O–H groups in total. The van der Waals surface area contributed by atoms with Gasteiger partial charge in [-0.3, -0.25) is 4.98 Å². The standard InChI is InChI=1S/C24H21ClN6O2/c1-15-12-27-24(33-15)31-16-5-7-21-19(10-16)23(29-14-28-21)30-17-6-8-22(20(25)11-17)32-13-18-4-2-3-9-26-18/h2-11,14-15H,12-13H2,1H3,(H,27,31)(H,28,29,30)/t15-/m0/s1. The summed E-state index contributed by atoms with van der Waals surface area (Å²) in [6.07, 6.45) is 3.33. The minimum atomic E-state index is 0.0779. The number of hydrogen-bond acceptors (Lipinski definition) is 8. The molecule has 5 rings (SSSR count). The third kappa shape index (κ3) is 4.96. The predicted molar refractivity (Wildman–Crippen MR) is 129 cm³/mol. The Balaban J connectivity index is 1.33. The monoisotopic (exact) mass is 460 g/mol. The Morgan fingerprint density at radius 2 is 1.91 bits per heavy atom. The number of amidine groups is 1. The molecule has 9 heteroatoms. The number of hydrogen-bond donors (Lipinski definition) is 2. The van der Waals surface area contributed by atoms with Crippen LogP contribution in [0.3, 0.4) is 0 Å². The van der Waals surface area contributed by atoms with E-state index in [4.69, 9.17) is 21.1 Å². The number of fused-ring (bicyclic) bond motifs is 1. The van der Waals surface area contributed by atoms with Gasteiger partial charge in [0.25, 0.3) is 6.02 Å². The number of pyridine rings is 1. The lowest BCUT2D eigenvalue weighted by molar-refractivity contribution is 0.245. The fraction of sp³-hybridized carbons (Fsp3) is 0.167. The summed E-state index contributed by atoms with van der Waals surface area (Å²) in [5.41, 5.74) is 3.25. The van der Waals surface area contributed by atoms with Crippen LogP contribution in [0, 0.1) is 0 Å². The zero-order valence-corrected chi connectivity index (χ0v) is 18.6. The van der Waals surface area contributed by atoms with Crippen molar-refractivity contribution in [1.82, 2.24) is 15.0 Å². The second-order valence-electron chi connectivity index (χ2n) is 7.53. The van der Waals surface area contributed by atoms with Crippen molar-refractivity contribution in [2.75, 3.05) is 17.2 Å². The summed E-state index contributed by atoms with van der Waals surface area (Å²) in [6.45, 7) is 2.97. The molecule has 4 aromatic rings. The number of aromatic nitrogens is 3. The highest BCUT2D eigenvalue weighted by atomic mass is 35.5. The predicted octanol–water partition coefficient (Wildman–Crippen LogP) is 5.19. The van der Waals surface area contributed by atoms with Gasteiger partial charge in [0.05, 0.1) is 22.8 Å². The zero-order chi connectivity index (χ0) is 22.6. The molecule has 0 spiro atoms. The van der Waals surface area contributed by atoms with Crippen LogP contribution in [0.4, 0.5) is 17.2 Å². The number of aliphatic imine (C=N–C) groups is 1. The molecule has 33 heavy (non-hydrogen) atoms. The quantitative estimate of drug-likeness (QED) is 0.409. The van der Waals surface area contributed by atoms with Crippen LogP contribution in [0.2, 0.25) is 5.02 Å². The fourth-order valence-corrected chi connectivity index (χ4v) is 3.61. The van der Waals surface area contributed by atoms with E-state index in [-0.39, 0.29) is 6.10 Å². The van der Waals surface area contributed by atoms with Gasteiger partial charge in [-0.15, -0.1) is 0 Å². The molecule has 0 bridgehead atoms. The smallest absolute Gasteiger partial charge is 0.289 e. The summed E-state index contributed by atoms with van der Waals surface area (Å²) in [6, 6.07) is 17.5. The first-order chi connectivity index (χ1) is 16.1. The summed E-state index contributed by atoms with van der Waals surface area (Å²) < 4.78 is 11.4. The van der Waals surface area contributed by atoms with Crippen LogP contribution < -0.4 is 15.4 Å². The maximum Gasteiger partial charge on any atom is 0.289 e. The molecule has 0 unspecified atom stereocenters. The third-order valence-corrected chi connectivity index (χ3v) is 5.28. The van der Waals surface area contributed by atoms with Gasteiger partial charge >= 0.3 is 0 Å². The number of benzene rings is 2. The first kappa shape index (κ1) is 21.0. The van der Waals surface area contributed by atoms with Crippen molar-refractivity contribution >= 4 is 45.7 Å². The Kier molecular flexibility index (Phi) is 5.91. The van der Waals surface area contributed by atoms with Gasteiger partial charge in [0.1, 0.15) is 30.6 Å². The molecule has 1 aliphatic rings. The second-order valence-corrected chi connectivity index (χ2v) is 7.94. The average molecular weight is 461 g/mol. The largest absolute Gasteiger partial charge is 0.486 e. The molecule has 166 valence electrons. The van der Waals surface area contributed by atoms with Crippen LogP contribution in [0.1, 0.15) is 12.6 Å². The Morgan fingerprint density at radius 1 is 1.03 bits per heavy atom. The summed E-state index contributed by atoms with van der Waals surface area (Å²) in [5, 5.41) is 7.86. The van der Waals surface area contributed by atoms with E-state index in [0.717, 1.165) is 28.0 Å². The molecular weight excluding hydrogens is 440 g/mol. The molecule has 1 aliphatic heterocycles. The summed E-state index contributed by atoms with van der Waals surface area (Å²) in [4.78, 5) is 17.4. The summed E-state index contributed by atoms with van der Waals surface area (Å²) >= 11 is 6.46. The molecule has 0 fully saturated rings. The fourth-order valence-electron chi connectivity index (χ4n) is 3.37. The molecule has 0 saturated carbocycles. The number of nitrogens with one attached hydrogen (secondary N) is 2. The van der Waals surface area contributed by atoms with E-state index in [1.165, 1.54) is 6.33 Å². The van der Waals surface area contributed by atoms with E-state index in [0.29, 0.717) is 35.8 Å². The lowest BCUT2D eigenvalue weighted by Gasteiger charge is -2.13. The van der Waals surface area contributed by atoms with Crippen LogP contribution in [0.25, 0.3) is 10.9 Å². The molecule has 0 amide bonds.